The SMILES string of the molecule is COc1cc(OC)c(OC)cc1CN[C@H](C)c1ccc(F)cc1F. The lowest BCUT2D eigenvalue weighted by molar-refractivity contribution is 0.346. The Kier molecular flexibility index (Phi) is 5.98. The minimum Gasteiger partial charge on any atom is -0.496 e. The van der Waals surface area contributed by atoms with Crippen molar-refractivity contribution in [2.24, 2.45) is 0 Å². The molecule has 0 heterocycles. The molecule has 1 N–H and O–H groups in total. The van der Waals surface area contributed by atoms with Gasteiger partial charge < -0.3 is 19.5 Å². The van der Waals surface area contributed by atoms with Gasteiger partial charge in [-0.05, 0) is 19.1 Å². The predicted molar refractivity (Wildman–Crippen MR) is 87.7 cm³/mol. The monoisotopic (exact) mass is 337 g/mol. The van der Waals surface area contributed by atoms with Crippen LogP contribution in [-0.2, 0) is 6.54 Å². The summed E-state index contributed by atoms with van der Waals surface area (Å²) in [6.45, 7) is 2.23. The summed E-state index contributed by atoms with van der Waals surface area (Å²) in [6.07, 6.45) is 0. The van der Waals surface area contributed by atoms with E-state index in [0.29, 0.717) is 29.4 Å². The zero-order chi connectivity index (χ0) is 17.7. The quantitative estimate of drug-likeness (QED) is 0.833. The highest BCUT2D eigenvalue weighted by molar-refractivity contribution is 5.50. The van der Waals surface area contributed by atoms with Crippen molar-refractivity contribution in [3.8, 4) is 17.2 Å². The van der Waals surface area contributed by atoms with E-state index in [1.807, 2.05) is 6.92 Å². The normalized spacial score (nSPS) is 11.9. The van der Waals surface area contributed by atoms with Crippen LogP contribution in [0.2, 0.25) is 0 Å². The molecule has 24 heavy (non-hydrogen) atoms. The molecular formula is C18H21F2NO3. The van der Waals surface area contributed by atoms with Crippen LogP contribution in [0.3, 0.4) is 0 Å². The predicted octanol–water partition coefficient (Wildman–Crippen LogP) is 3.84. The second kappa shape index (κ2) is 7.97. The topological polar surface area (TPSA) is 39.7 Å². The van der Waals surface area contributed by atoms with Gasteiger partial charge in [0, 0.05) is 35.8 Å². The molecule has 0 spiro atoms. The first kappa shape index (κ1) is 18.0. The smallest absolute Gasteiger partial charge is 0.164 e. The van der Waals surface area contributed by atoms with Gasteiger partial charge in [-0.25, -0.2) is 8.78 Å². The third-order valence-electron chi connectivity index (χ3n) is 3.81. The van der Waals surface area contributed by atoms with Crippen molar-refractivity contribution in [1.29, 1.82) is 0 Å². The van der Waals surface area contributed by atoms with Crippen LogP contribution in [0.5, 0.6) is 17.2 Å². The second-order valence-corrected chi connectivity index (χ2v) is 5.29. The van der Waals surface area contributed by atoms with Crippen LogP contribution in [0.1, 0.15) is 24.1 Å². The summed E-state index contributed by atoms with van der Waals surface area (Å²) in [5.41, 5.74) is 1.24. The molecule has 0 aliphatic carbocycles. The van der Waals surface area contributed by atoms with Crippen LogP contribution < -0.4 is 19.5 Å². The molecule has 2 aromatic carbocycles. The van der Waals surface area contributed by atoms with E-state index in [1.165, 1.54) is 12.1 Å². The van der Waals surface area contributed by atoms with Crippen molar-refractivity contribution in [2.75, 3.05) is 21.3 Å². The van der Waals surface area contributed by atoms with Crippen LogP contribution in [0.4, 0.5) is 8.78 Å². The Hall–Kier alpha value is -2.34. The fraction of sp³-hybridized carbons (Fsp3) is 0.333. The highest BCUT2D eigenvalue weighted by Gasteiger charge is 2.15. The van der Waals surface area contributed by atoms with Gasteiger partial charge in [0.1, 0.15) is 17.4 Å². The van der Waals surface area contributed by atoms with E-state index in [2.05, 4.69) is 5.32 Å². The van der Waals surface area contributed by atoms with Gasteiger partial charge in [0.2, 0.25) is 0 Å². The molecule has 0 amide bonds. The van der Waals surface area contributed by atoms with Crippen molar-refractivity contribution < 1.29 is 23.0 Å². The molecule has 0 unspecified atom stereocenters. The van der Waals surface area contributed by atoms with Crippen LogP contribution in [0.25, 0.3) is 0 Å². The molecule has 0 aliphatic rings. The zero-order valence-electron chi connectivity index (χ0n) is 14.2. The average molecular weight is 337 g/mol. The van der Waals surface area contributed by atoms with Gasteiger partial charge in [-0.1, -0.05) is 6.07 Å². The second-order valence-electron chi connectivity index (χ2n) is 5.29. The minimum atomic E-state index is -0.593. The molecule has 0 fully saturated rings. The zero-order valence-corrected chi connectivity index (χ0v) is 14.2. The number of ether oxygens (including phenoxy) is 3. The number of rotatable bonds is 7. The summed E-state index contributed by atoms with van der Waals surface area (Å²) in [5, 5.41) is 3.20. The standard InChI is InChI=1S/C18H21F2NO3/c1-11(14-6-5-13(19)8-15(14)20)21-10-12-7-17(23-3)18(24-4)9-16(12)22-2/h5-9,11,21H,10H2,1-4H3/t11-/m1/s1. The molecule has 0 aliphatic heterocycles. The third-order valence-corrected chi connectivity index (χ3v) is 3.81. The molecule has 2 aromatic rings. The van der Waals surface area contributed by atoms with Gasteiger partial charge in [-0.15, -0.1) is 0 Å². The van der Waals surface area contributed by atoms with Crippen molar-refractivity contribution in [1.82, 2.24) is 5.32 Å². The first-order chi connectivity index (χ1) is 11.5. The van der Waals surface area contributed by atoms with Gasteiger partial charge in [-0.2, -0.15) is 0 Å². The molecule has 130 valence electrons. The Labute approximate surface area is 140 Å². The van der Waals surface area contributed by atoms with Crippen LogP contribution in [0, 0.1) is 11.6 Å². The molecule has 0 saturated heterocycles. The summed E-state index contributed by atoms with van der Waals surface area (Å²) in [5.74, 6) is 0.609. The molecule has 0 bridgehead atoms. The van der Waals surface area contributed by atoms with E-state index >= 15 is 0 Å². The first-order valence-electron chi connectivity index (χ1n) is 7.47. The van der Waals surface area contributed by atoms with Gasteiger partial charge in [0.05, 0.1) is 21.3 Å². The third kappa shape index (κ3) is 3.94. The maximum atomic E-state index is 13.8. The van der Waals surface area contributed by atoms with Crippen molar-refractivity contribution >= 4 is 0 Å². The molecule has 1 atom stereocenters. The fourth-order valence-corrected chi connectivity index (χ4v) is 2.46. The summed E-state index contributed by atoms with van der Waals surface area (Å²) in [7, 11) is 4.67. The van der Waals surface area contributed by atoms with Gasteiger partial charge >= 0.3 is 0 Å². The lowest BCUT2D eigenvalue weighted by Crippen LogP contribution is -2.19. The summed E-state index contributed by atoms with van der Waals surface area (Å²) in [4.78, 5) is 0. The van der Waals surface area contributed by atoms with Crippen LogP contribution in [-0.4, -0.2) is 21.3 Å². The first-order valence-corrected chi connectivity index (χ1v) is 7.47. The number of hydrogen-bond donors (Lipinski definition) is 1. The molecule has 4 nitrogen and oxygen atoms in total. The van der Waals surface area contributed by atoms with Gasteiger partial charge in [0.25, 0.3) is 0 Å². The summed E-state index contributed by atoms with van der Waals surface area (Å²) >= 11 is 0. The van der Waals surface area contributed by atoms with E-state index in [0.717, 1.165) is 11.6 Å². The molecule has 0 aromatic heterocycles. The number of halogens is 2. The van der Waals surface area contributed by atoms with E-state index in [-0.39, 0.29) is 6.04 Å². The fourth-order valence-electron chi connectivity index (χ4n) is 2.46. The average Bonchev–Trinajstić information content (AvgIpc) is 2.58. The Morgan fingerprint density at radius 2 is 1.54 bits per heavy atom. The maximum absolute atomic E-state index is 13.8. The van der Waals surface area contributed by atoms with E-state index in [1.54, 1.807) is 33.5 Å². The lowest BCUT2D eigenvalue weighted by Gasteiger charge is -2.18. The molecular weight excluding hydrogens is 316 g/mol. The Morgan fingerprint density at radius 1 is 0.917 bits per heavy atom. The van der Waals surface area contributed by atoms with E-state index < -0.39 is 11.6 Å². The van der Waals surface area contributed by atoms with Gasteiger partial charge in [-0.3, -0.25) is 0 Å². The van der Waals surface area contributed by atoms with E-state index in [9.17, 15) is 8.78 Å². The van der Waals surface area contributed by atoms with Crippen molar-refractivity contribution in [3.05, 3.63) is 53.1 Å². The largest absolute Gasteiger partial charge is 0.496 e. The van der Waals surface area contributed by atoms with Gasteiger partial charge in [0.15, 0.2) is 11.5 Å². The lowest BCUT2D eigenvalue weighted by atomic mass is 10.1. The molecule has 6 heteroatoms. The number of hydrogen-bond acceptors (Lipinski definition) is 4. The summed E-state index contributed by atoms with van der Waals surface area (Å²) in [6, 6.07) is 6.80. The number of benzene rings is 2. The highest BCUT2D eigenvalue weighted by atomic mass is 19.1. The highest BCUT2D eigenvalue weighted by Crippen LogP contribution is 2.34. The molecule has 0 saturated carbocycles. The van der Waals surface area contributed by atoms with Crippen molar-refractivity contribution in [3.63, 3.8) is 0 Å². The number of nitrogens with one attached hydrogen (secondary N) is 1. The van der Waals surface area contributed by atoms with Crippen LogP contribution >= 0.6 is 0 Å². The molecule has 2 rings (SSSR count). The Bertz CT molecular complexity index is 707. The van der Waals surface area contributed by atoms with Crippen molar-refractivity contribution in [2.45, 2.75) is 19.5 Å². The Balaban J connectivity index is 2.18. The maximum Gasteiger partial charge on any atom is 0.164 e. The molecule has 0 radical (unpaired) electrons. The van der Waals surface area contributed by atoms with E-state index in [4.69, 9.17) is 14.2 Å². The number of methoxy groups -OCH3 is 3. The Morgan fingerprint density at radius 3 is 2.12 bits per heavy atom. The minimum absolute atomic E-state index is 0.302. The summed E-state index contributed by atoms with van der Waals surface area (Å²) < 4.78 is 42.8. The van der Waals surface area contributed by atoms with Crippen LogP contribution in [0.15, 0.2) is 30.3 Å².